The Morgan fingerprint density at radius 3 is 2.48 bits per heavy atom. The molecule has 0 aliphatic carbocycles. The van der Waals surface area contributed by atoms with Gasteiger partial charge in [0.05, 0.1) is 5.69 Å². The zero-order valence-electron chi connectivity index (χ0n) is 14.1. The average molecular weight is 340 g/mol. The lowest BCUT2D eigenvalue weighted by molar-refractivity contribution is -0.137. The minimum Gasteiger partial charge on any atom is -0.507 e. The van der Waals surface area contributed by atoms with Crippen LogP contribution in [0.2, 0.25) is 0 Å². The van der Waals surface area contributed by atoms with E-state index < -0.39 is 23.8 Å². The van der Waals surface area contributed by atoms with E-state index in [0.29, 0.717) is 17.9 Å². The molecule has 2 aromatic carbocycles. The highest BCUT2D eigenvalue weighted by atomic mass is 16.3. The summed E-state index contributed by atoms with van der Waals surface area (Å²) >= 11 is 0. The molecule has 25 heavy (non-hydrogen) atoms. The molecule has 130 valence electrons. The summed E-state index contributed by atoms with van der Waals surface area (Å²) < 4.78 is 0. The zero-order valence-corrected chi connectivity index (χ0v) is 14.1. The summed E-state index contributed by atoms with van der Waals surface area (Å²) in [6.07, 6.45) is -1.40. The number of carbonyl (C=O) groups is 2. The molecule has 3 rings (SSSR count). The molecular weight excluding hydrogens is 320 g/mol. The maximum absolute atomic E-state index is 13.1. The van der Waals surface area contributed by atoms with Gasteiger partial charge in [-0.1, -0.05) is 24.3 Å². The van der Waals surface area contributed by atoms with Gasteiger partial charge in [0.15, 0.2) is 0 Å². The van der Waals surface area contributed by atoms with Gasteiger partial charge in [-0.15, -0.1) is 0 Å². The van der Waals surface area contributed by atoms with Crippen molar-refractivity contribution < 1.29 is 19.8 Å². The number of benzene rings is 2. The number of carbonyl (C=O) groups excluding carboxylic acids is 2. The number of amides is 2. The lowest BCUT2D eigenvalue weighted by Crippen LogP contribution is -2.50. The number of nitrogens with zero attached hydrogens (tertiary/aromatic N) is 2. The number of phenolic OH excluding ortho intramolecular Hbond substituents is 1. The van der Waals surface area contributed by atoms with Gasteiger partial charge in [0, 0.05) is 24.8 Å². The summed E-state index contributed by atoms with van der Waals surface area (Å²) in [4.78, 5) is 28.6. The van der Waals surface area contributed by atoms with Crippen molar-refractivity contribution >= 4 is 23.2 Å². The van der Waals surface area contributed by atoms with E-state index in [4.69, 9.17) is 0 Å². The highest BCUT2D eigenvalue weighted by Gasteiger charge is 2.45. The summed E-state index contributed by atoms with van der Waals surface area (Å²) in [6, 6.07) is 13.6. The predicted molar refractivity (Wildman–Crippen MR) is 94.4 cm³/mol. The number of para-hydroxylation sites is 1. The summed E-state index contributed by atoms with van der Waals surface area (Å²) in [6.45, 7) is 2.16. The molecule has 2 N–H and O–H groups in total. The predicted octanol–water partition coefficient (Wildman–Crippen LogP) is 2.07. The van der Waals surface area contributed by atoms with E-state index >= 15 is 0 Å². The number of rotatable bonds is 3. The third-order valence-electron chi connectivity index (χ3n) is 4.55. The van der Waals surface area contributed by atoms with Crippen LogP contribution in [0.5, 0.6) is 5.75 Å². The zero-order chi connectivity index (χ0) is 18.1. The maximum atomic E-state index is 13.1. The fourth-order valence-electron chi connectivity index (χ4n) is 3.25. The topological polar surface area (TPSA) is 81.1 Å². The van der Waals surface area contributed by atoms with E-state index in [-0.39, 0.29) is 11.3 Å². The van der Waals surface area contributed by atoms with Crippen LogP contribution in [-0.4, -0.2) is 35.6 Å². The highest BCUT2D eigenvalue weighted by Crippen LogP contribution is 2.42. The third kappa shape index (κ3) is 2.74. The van der Waals surface area contributed by atoms with Gasteiger partial charge in [0.1, 0.15) is 17.8 Å². The number of hydrogen-bond acceptors (Lipinski definition) is 4. The van der Waals surface area contributed by atoms with E-state index in [1.165, 1.54) is 22.9 Å². The van der Waals surface area contributed by atoms with Gasteiger partial charge in [-0.3, -0.25) is 9.59 Å². The molecule has 0 bridgehead atoms. The molecule has 1 heterocycles. The summed E-state index contributed by atoms with van der Waals surface area (Å²) in [5, 5.41) is 20.8. The van der Waals surface area contributed by atoms with E-state index in [2.05, 4.69) is 0 Å². The lowest BCUT2D eigenvalue weighted by Gasteiger charge is -2.36. The van der Waals surface area contributed by atoms with Gasteiger partial charge in [-0.25, -0.2) is 0 Å². The molecule has 0 saturated carbocycles. The van der Waals surface area contributed by atoms with Crippen LogP contribution in [0.15, 0.2) is 48.5 Å². The molecule has 0 radical (unpaired) electrons. The van der Waals surface area contributed by atoms with Crippen molar-refractivity contribution in [1.82, 2.24) is 0 Å². The fourth-order valence-corrected chi connectivity index (χ4v) is 3.25. The Kier molecular flexibility index (Phi) is 4.46. The molecular formula is C19H20N2O4. The second-order valence-corrected chi connectivity index (χ2v) is 5.95. The Labute approximate surface area is 145 Å². The maximum Gasteiger partial charge on any atom is 0.242 e. The van der Waals surface area contributed by atoms with Crippen LogP contribution in [0.3, 0.4) is 0 Å². The molecule has 2 amide bonds. The number of phenols is 1. The normalized spacial score (nSPS) is 19.5. The molecule has 0 fully saturated rings. The van der Waals surface area contributed by atoms with E-state index in [1.54, 1.807) is 43.3 Å². The third-order valence-corrected chi connectivity index (χ3v) is 4.55. The largest absolute Gasteiger partial charge is 0.507 e. The van der Waals surface area contributed by atoms with Crippen LogP contribution in [0, 0.1) is 5.92 Å². The first-order valence-corrected chi connectivity index (χ1v) is 8.11. The Balaban J connectivity index is 2.03. The minimum atomic E-state index is -1.40. The summed E-state index contributed by atoms with van der Waals surface area (Å²) in [7, 11) is 1.53. The molecule has 0 spiro atoms. The average Bonchev–Trinajstić information content (AvgIpc) is 2.61. The standard InChI is InChI=1S/C19H20N2O4/c1-3-21(12-8-5-4-6-9-12)19(25)16-17(23)15-13(20(2)18(16)24)10-7-11-14(15)22/h4-11,16-17,22-23H,3H2,1-2H3. The number of hydrogen-bond donors (Lipinski definition) is 2. The van der Waals surface area contributed by atoms with Crippen molar-refractivity contribution in [3.63, 3.8) is 0 Å². The summed E-state index contributed by atoms with van der Waals surface area (Å²) in [5.41, 5.74) is 1.26. The number of aliphatic hydroxyl groups is 1. The molecule has 6 nitrogen and oxygen atoms in total. The van der Waals surface area contributed by atoms with E-state index in [1.807, 2.05) is 6.07 Å². The van der Waals surface area contributed by atoms with Gasteiger partial charge in [0.2, 0.25) is 11.8 Å². The first kappa shape index (κ1) is 17.0. The van der Waals surface area contributed by atoms with Crippen molar-refractivity contribution in [1.29, 1.82) is 0 Å². The molecule has 6 heteroatoms. The van der Waals surface area contributed by atoms with Crippen LogP contribution in [0.25, 0.3) is 0 Å². The minimum absolute atomic E-state index is 0.134. The Bertz CT molecular complexity index is 806. The van der Waals surface area contributed by atoms with Crippen molar-refractivity contribution in [2.75, 3.05) is 23.4 Å². The van der Waals surface area contributed by atoms with Crippen LogP contribution >= 0.6 is 0 Å². The van der Waals surface area contributed by atoms with Crippen molar-refractivity contribution in [3.05, 3.63) is 54.1 Å². The summed E-state index contributed by atoms with van der Waals surface area (Å²) in [5.74, 6) is -2.42. The van der Waals surface area contributed by atoms with E-state index in [0.717, 1.165) is 0 Å². The quantitative estimate of drug-likeness (QED) is 0.838. The second-order valence-electron chi connectivity index (χ2n) is 5.95. The lowest BCUT2D eigenvalue weighted by atomic mass is 9.87. The smallest absolute Gasteiger partial charge is 0.242 e. The number of anilines is 2. The van der Waals surface area contributed by atoms with Crippen LogP contribution in [-0.2, 0) is 9.59 Å². The van der Waals surface area contributed by atoms with Crippen LogP contribution in [0.4, 0.5) is 11.4 Å². The molecule has 2 unspecified atom stereocenters. The Morgan fingerprint density at radius 1 is 1.16 bits per heavy atom. The fraction of sp³-hybridized carbons (Fsp3) is 0.263. The van der Waals surface area contributed by atoms with Gasteiger partial charge >= 0.3 is 0 Å². The number of aromatic hydroxyl groups is 1. The number of aliphatic hydroxyl groups excluding tert-OH is 1. The van der Waals surface area contributed by atoms with Crippen LogP contribution < -0.4 is 9.80 Å². The Morgan fingerprint density at radius 2 is 1.84 bits per heavy atom. The second kappa shape index (κ2) is 6.57. The Hall–Kier alpha value is -2.86. The molecule has 2 aromatic rings. The van der Waals surface area contributed by atoms with Gasteiger partial charge < -0.3 is 20.0 Å². The van der Waals surface area contributed by atoms with Crippen LogP contribution in [0.1, 0.15) is 18.6 Å². The first-order chi connectivity index (χ1) is 12.0. The molecule has 0 aromatic heterocycles. The molecule has 0 saturated heterocycles. The van der Waals surface area contributed by atoms with Gasteiger partial charge in [-0.05, 0) is 31.2 Å². The highest BCUT2D eigenvalue weighted by molar-refractivity contribution is 6.14. The number of fused-ring (bicyclic) bond motifs is 1. The van der Waals surface area contributed by atoms with Crippen molar-refractivity contribution in [2.24, 2.45) is 5.92 Å². The molecule has 1 aliphatic rings. The SMILES string of the molecule is CCN(C(=O)C1C(=O)N(C)c2cccc(O)c2C1O)c1ccccc1. The van der Waals surface area contributed by atoms with Gasteiger partial charge in [-0.2, -0.15) is 0 Å². The monoisotopic (exact) mass is 340 g/mol. The van der Waals surface area contributed by atoms with Gasteiger partial charge in [0.25, 0.3) is 0 Å². The van der Waals surface area contributed by atoms with Crippen molar-refractivity contribution in [3.8, 4) is 5.75 Å². The first-order valence-electron chi connectivity index (χ1n) is 8.11. The van der Waals surface area contributed by atoms with E-state index in [9.17, 15) is 19.8 Å². The molecule has 2 atom stereocenters. The van der Waals surface area contributed by atoms with Crippen molar-refractivity contribution in [2.45, 2.75) is 13.0 Å². The molecule has 1 aliphatic heterocycles.